The first-order valence-corrected chi connectivity index (χ1v) is 6.98. The highest BCUT2D eigenvalue weighted by molar-refractivity contribution is 7.09. The Labute approximate surface area is 102 Å². The van der Waals surface area contributed by atoms with E-state index in [9.17, 15) is 0 Å². The van der Waals surface area contributed by atoms with Gasteiger partial charge in [-0.05, 0) is 20.3 Å². The topological polar surface area (TPSA) is 28.2 Å². The lowest BCUT2D eigenvalue weighted by Crippen LogP contribution is -2.55. The number of thiazole rings is 1. The molecule has 2 heterocycles. The lowest BCUT2D eigenvalue weighted by Gasteiger charge is -2.41. The van der Waals surface area contributed by atoms with Gasteiger partial charge in [0.15, 0.2) is 0 Å². The Bertz CT molecular complexity index is 312. The summed E-state index contributed by atoms with van der Waals surface area (Å²) in [7, 11) is 0. The normalized spacial score (nSPS) is 29.2. The average Bonchev–Trinajstić information content (AvgIpc) is 2.78. The molecule has 1 saturated heterocycles. The standard InChI is InChI=1S/C12H21N3S/c1-4-11(12-13-5-6-16-12)15-8-9(2)14-7-10(15)3/h5-6,9-11,14H,4,7-8H2,1-3H3. The van der Waals surface area contributed by atoms with Crippen molar-refractivity contribution in [2.24, 2.45) is 0 Å². The van der Waals surface area contributed by atoms with Gasteiger partial charge >= 0.3 is 0 Å². The molecule has 1 aliphatic rings. The zero-order chi connectivity index (χ0) is 11.5. The second-order valence-corrected chi connectivity index (χ2v) is 5.58. The van der Waals surface area contributed by atoms with Gasteiger partial charge in [-0.1, -0.05) is 6.92 Å². The van der Waals surface area contributed by atoms with Crippen LogP contribution >= 0.6 is 11.3 Å². The smallest absolute Gasteiger partial charge is 0.110 e. The van der Waals surface area contributed by atoms with Crippen LogP contribution in [0.5, 0.6) is 0 Å². The van der Waals surface area contributed by atoms with E-state index < -0.39 is 0 Å². The predicted molar refractivity (Wildman–Crippen MR) is 68.8 cm³/mol. The maximum absolute atomic E-state index is 4.48. The summed E-state index contributed by atoms with van der Waals surface area (Å²) in [5.41, 5.74) is 0. The lowest BCUT2D eigenvalue weighted by molar-refractivity contribution is 0.0920. The molecule has 2 rings (SSSR count). The predicted octanol–water partition coefficient (Wildman–Crippen LogP) is 2.28. The Balaban J connectivity index is 2.13. The van der Waals surface area contributed by atoms with Crippen molar-refractivity contribution >= 4 is 11.3 Å². The molecule has 1 N–H and O–H groups in total. The molecule has 1 fully saturated rings. The molecule has 0 saturated carbocycles. The minimum Gasteiger partial charge on any atom is -0.311 e. The molecule has 16 heavy (non-hydrogen) atoms. The summed E-state index contributed by atoms with van der Waals surface area (Å²) in [6.45, 7) is 9.02. The quantitative estimate of drug-likeness (QED) is 0.877. The number of aromatic nitrogens is 1. The SMILES string of the molecule is CCC(c1nccs1)N1CC(C)NCC1C. The summed E-state index contributed by atoms with van der Waals surface area (Å²) < 4.78 is 0. The van der Waals surface area contributed by atoms with Crippen molar-refractivity contribution in [2.75, 3.05) is 13.1 Å². The Morgan fingerprint density at radius 2 is 2.44 bits per heavy atom. The van der Waals surface area contributed by atoms with E-state index in [0.717, 1.165) is 19.5 Å². The largest absolute Gasteiger partial charge is 0.311 e. The second kappa shape index (κ2) is 5.25. The second-order valence-electron chi connectivity index (χ2n) is 4.65. The minimum atomic E-state index is 0.500. The number of hydrogen-bond acceptors (Lipinski definition) is 4. The molecule has 3 atom stereocenters. The van der Waals surface area contributed by atoms with E-state index in [1.165, 1.54) is 5.01 Å². The van der Waals surface area contributed by atoms with Crippen LogP contribution < -0.4 is 5.32 Å². The monoisotopic (exact) mass is 239 g/mol. The number of nitrogens with one attached hydrogen (secondary N) is 1. The van der Waals surface area contributed by atoms with E-state index in [-0.39, 0.29) is 0 Å². The molecular formula is C12H21N3S. The minimum absolute atomic E-state index is 0.500. The summed E-state index contributed by atoms with van der Waals surface area (Å²) in [6, 6.07) is 1.69. The summed E-state index contributed by atoms with van der Waals surface area (Å²) >= 11 is 1.78. The van der Waals surface area contributed by atoms with Gasteiger partial charge in [0.05, 0.1) is 6.04 Å². The van der Waals surface area contributed by atoms with Crippen LogP contribution in [0.2, 0.25) is 0 Å². The third-order valence-electron chi connectivity index (χ3n) is 3.34. The van der Waals surface area contributed by atoms with Crippen molar-refractivity contribution in [2.45, 2.75) is 45.3 Å². The number of piperazine rings is 1. The highest BCUT2D eigenvalue weighted by Crippen LogP contribution is 2.28. The Kier molecular flexibility index (Phi) is 3.95. The molecule has 0 radical (unpaired) electrons. The van der Waals surface area contributed by atoms with Crippen molar-refractivity contribution < 1.29 is 0 Å². The van der Waals surface area contributed by atoms with Gasteiger partial charge in [-0.25, -0.2) is 4.98 Å². The molecule has 0 bridgehead atoms. The molecular weight excluding hydrogens is 218 g/mol. The number of nitrogens with zero attached hydrogens (tertiary/aromatic N) is 2. The van der Waals surface area contributed by atoms with Gasteiger partial charge in [-0.3, -0.25) is 4.90 Å². The lowest BCUT2D eigenvalue weighted by atomic mass is 10.1. The zero-order valence-corrected chi connectivity index (χ0v) is 11.1. The van der Waals surface area contributed by atoms with E-state index in [0.29, 0.717) is 18.1 Å². The molecule has 0 aromatic carbocycles. The van der Waals surface area contributed by atoms with E-state index in [1.807, 2.05) is 6.20 Å². The summed E-state index contributed by atoms with van der Waals surface area (Å²) in [4.78, 5) is 7.08. The molecule has 1 aromatic heterocycles. The van der Waals surface area contributed by atoms with Gasteiger partial charge in [0.1, 0.15) is 5.01 Å². The fourth-order valence-electron chi connectivity index (χ4n) is 2.43. The maximum atomic E-state index is 4.48. The molecule has 0 amide bonds. The van der Waals surface area contributed by atoms with E-state index >= 15 is 0 Å². The zero-order valence-electron chi connectivity index (χ0n) is 10.3. The van der Waals surface area contributed by atoms with Gasteiger partial charge in [0.2, 0.25) is 0 Å². The van der Waals surface area contributed by atoms with Gasteiger partial charge in [-0.15, -0.1) is 11.3 Å². The Morgan fingerprint density at radius 3 is 3.06 bits per heavy atom. The van der Waals surface area contributed by atoms with E-state index in [4.69, 9.17) is 0 Å². The Morgan fingerprint density at radius 1 is 1.62 bits per heavy atom. The summed E-state index contributed by atoms with van der Waals surface area (Å²) in [5.74, 6) is 0. The van der Waals surface area contributed by atoms with Crippen LogP contribution in [0.1, 0.15) is 38.2 Å². The van der Waals surface area contributed by atoms with Crippen LogP contribution in [0.4, 0.5) is 0 Å². The third kappa shape index (κ3) is 2.44. The van der Waals surface area contributed by atoms with E-state index in [2.05, 4.69) is 41.4 Å². The first kappa shape index (κ1) is 12.0. The number of hydrogen-bond donors (Lipinski definition) is 1. The fraction of sp³-hybridized carbons (Fsp3) is 0.750. The fourth-order valence-corrected chi connectivity index (χ4v) is 3.28. The van der Waals surface area contributed by atoms with Gasteiger partial charge in [0, 0.05) is 36.8 Å². The van der Waals surface area contributed by atoms with Crippen molar-refractivity contribution in [3.05, 3.63) is 16.6 Å². The van der Waals surface area contributed by atoms with Crippen LogP contribution in [0.25, 0.3) is 0 Å². The highest BCUT2D eigenvalue weighted by atomic mass is 32.1. The first-order valence-electron chi connectivity index (χ1n) is 6.11. The third-order valence-corrected chi connectivity index (χ3v) is 4.21. The van der Waals surface area contributed by atoms with Crippen LogP contribution in [0.3, 0.4) is 0 Å². The first-order chi connectivity index (χ1) is 7.72. The molecule has 1 aromatic rings. The highest BCUT2D eigenvalue weighted by Gasteiger charge is 2.29. The molecule has 90 valence electrons. The summed E-state index contributed by atoms with van der Waals surface area (Å²) in [6.07, 6.45) is 3.06. The summed E-state index contributed by atoms with van der Waals surface area (Å²) in [5, 5.41) is 6.87. The molecule has 3 nitrogen and oxygen atoms in total. The molecule has 3 unspecified atom stereocenters. The van der Waals surface area contributed by atoms with Crippen LogP contribution in [0, 0.1) is 0 Å². The van der Waals surface area contributed by atoms with Gasteiger partial charge in [-0.2, -0.15) is 0 Å². The molecule has 0 spiro atoms. The maximum Gasteiger partial charge on any atom is 0.110 e. The van der Waals surface area contributed by atoms with Crippen LogP contribution in [0.15, 0.2) is 11.6 Å². The van der Waals surface area contributed by atoms with Crippen LogP contribution in [-0.2, 0) is 0 Å². The van der Waals surface area contributed by atoms with E-state index in [1.54, 1.807) is 11.3 Å². The van der Waals surface area contributed by atoms with Crippen LogP contribution in [-0.4, -0.2) is 35.1 Å². The van der Waals surface area contributed by atoms with Gasteiger partial charge in [0.25, 0.3) is 0 Å². The number of rotatable bonds is 3. The molecule has 0 aliphatic carbocycles. The Hall–Kier alpha value is -0.450. The van der Waals surface area contributed by atoms with Crippen molar-refractivity contribution in [3.8, 4) is 0 Å². The average molecular weight is 239 g/mol. The molecule has 4 heteroatoms. The van der Waals surface area contributed by atoms with Gasteiger partial charge < -0.3 is 5.32 Å². The molecule has 1 aliphatic heterocycles. The van der Waals surface area contributed by atoms with Crippen molar-refractivity contribution in [1.82, 2.24) is 15.2 Å². The van der Waals surface area contributed by atoms with Crippen molar-refractivity contribution in [1.29, 1.82) is 0 Å². The van der Waals surface area contributed by atoms with Crippen molar-refractivity contribution in [3.63, 3.8) is 0 Å².